The van der Waals surface area contributed by atoms with Gasteiger partial charge in [-0.3, -0.25) is 0 Å². The van der Waals surface area contributed by atoms with Crippen molar-refractivity contribution in [3.05, 3.63) is 59.7 Å². The van der Waals surface area contributed by atoms with Gasteiger partial charge < -0.3 is 24.4 Å². The molecule has 0 unspecified atom stereocenters. The van der Waals surface area contributed by atoms with Crippen molar-refractivity contribution in [3.63, 3.8) is 0 Å². The van der Waals surface area contributed by atoms with Crippen molar-refractivity contribution in [1.29, 1.82) is 0 Å². The molecule has 2 N–H and O–H groups in total. The van der Waals surface area contributed by atoms with Gasteiger partial charge in [-0.25, -0.2) is 4.79 Å². The molecule has 0 atom stereocenters. The Labute approximate surface area is 180 Å². The molecule has 0 fully saturated rings. The number of likely N-dealkylation sites (N-methyl/N-ethyl adjacent to an activating group) is 1. The van der Waals surface area contributed by atoms with E-state index in [0.717, 1.165) is 17.2 Å². The van der Waals surface area contributed by atoms with Crippen LogP contribution in [0, 0.1) is 0 Å². The number of benzene rings is 2. The van der Waals surface area contributed by atoms with Gasteiger partial charge in [-0.05, 0) is 35.1 Å². The maximum atomic E-state index is 12.2. The van der Waals surface area contributed by atoms with E-state index in [1.807, 2.05) is 30.3 Å². The number of hydrogen-bond donors (Lipinski definition) is 2. The summed E-state index contributed by atoms with van der Waals surface area (Å²) in [5.41, 5.74) is 2.23. The lowest BCUT2D eigenvalue weighted by molar-refractivity contribution is 0.116. The fourth-order valence-electron chi connectivity index (χ4n) is 2.77. The van der Waals surface area contributed by atoms with Crippen molar-refractivity contribution in [3.8, 4) is 5.75 Å². The number of amides is 1. The first-order chi connectivity index (χ1) is 14.2. The van der Waals surface area contributed by atoms with Crippen LogP contribution in [0.5, 0.6) is 5.75 Å². The molecule has 6 nitrogen and oxygen atoms in total. The van der Waals surface area contributed by atoms with Crippen LogP contribution in [-0.4, -0.2) is 56.4 Å². The molecule has 2 rings (SSSR count). The molecule has 0 saturated carbocycles. The smallest absolute Gasteiger partial charge is 0.488 e. The zero-order valence-electron chi connectivity index (χ0n) is 18.3. The third-order valence-corrected chi connectivity index (χ3v) is 6.43. The molecule has 0 spiro atoms. The van der Waals surface area contributed by atoms with Crippen LogP contribution in [-0.2, 0) is 17.8 Å². The maximum Gasteiger partial charge on any atom is 0.488 e. The quantitative estimate of drug-likeness (QED) is 0.568. The topological polar surface area (TPSA) is 79.2 Å². The van der Waals surface area contributed by atoms with Crippen LogP contribution >= 0.6 is 0 Å². The molecule has 162 valence electrons. The minimum absolute atomic E-state index is 0.349. The fourth-order valence-corrected chi connectivity index (χ4v) is 3.48. The lowest BCUT2D eigenvalue weighted by Gasteiger charge is -2.20. The van der Waals surface area contributed by atoms with Gasteiger partial charge in [0.1, 0.15) is 12.4 Å². The molecule has 0 aliphatic carbocycles. The zero-order chi connectivity index (χ0) is 22.1. The van der Waals surface area contributed by atoms with E-state index in [4.69, 9.17) is 9.47 Å². The molecule has 0 saturated heterocycles. The number of nitrogens with zero attached hydrogens (tertiary/aromatic N) is 1. The summed E-state index contributed by atoms with van der Waals surface area (Å²) >= 11 is 0. The summed E-state index contributed by atoms with van der Waals surface area (Å²) in [6.07, 6.45) is 0.156. The zero-order valence-corrected chi connectivity index (χ0v) is 19.3. The molecule has 0 aromatic heterocycles. The van der Waals surface area contributed by atoms with E-state index in [1.165, 1.54) is 4.90 Å². The summed E-state index contributed by atoms with van der Waals surface area (Å²) in [7, 11) is -1.11. The highest BCUT2D eigenvalue weighted by Gasteiger charge is 2.18. The van der Waals surface area contributed by atoms with Gasteiger partial charge in [0.15, 0.2) is 0 Å². The molecule has 2 aromatic rings. The Morgan fingerprint density at radius 3 is 2.43 bits per heavy atom. The second-order valence-electron chi connectivity index (χ2n) is 8.61. The van der Waals surface area contributed by atoms with Gasteiger partial charge in [0.25, 0.3) is 0 Å². The second kappa shape index (κ2) is 11.2. The Morgan fingerprint density at radius 1 is 1.10 bits per heavy atom. The number of hydrogen-bond acceptors (Lipinski definition) is 5. The van der Waals surface area contributed by atoms with E-state index in [1.54, 1.807) is 25.2 Å². The van der Waals surface area contributed by atoms with E-state index in [2.05, 4.69) is 19.6 Å². The van der Waals surface area contributed by atoms with E-state index in [-0.39, 0.29) is 6.09 Å². The van der Waals surface area contributed by atoms with E-state index in [9.17, 15) is 14.8 Å². The number of carbonyl (C=O) groups excluding carboxylic acids is 1. The standard InChI is InChI=1S/C22H32BNO5Si/c1-24(22(25)28-14-15-30(2,3)4)13-12-19-16-20(23(26)27)10-11-21(19)29-17-18-8-6-5-7-9-18/h5-11,16,26-27H,12-15,17H2,1-4H3. The molecule has 0 heterocycles. The Balaban J connectivity index is 1.99. The minimum atomic E-state index is -1.56. The van der Waals surface area contributed by atoms with E-state index in [0.29, 0.717) is 37.4 Å². The molecule has 30 heavy (non-hydrogen) atoms. The SMILES string of the molecule is CN(CCc1cc(B(O)O)ccc1OCc1ccccc1)C(=O)OCC[Si](C)(C)C. The highest BCUT2D eigenvalue weighted by molar-refractivity contribution is 6.76. The van der Waals surface area contributed by atoms with Gasteiger partial charge in [-0.2, -0.15) is 0 Å². The molecule has 0 bridgehead atoms. The van der Waals surface area contributed by atoms with Gasteiger partial charge in [-0.1, -0.05) is 62.1 Å². The molecule has 1 amide bonds. The van der Waals surface area contributed by atoms with Crippen molar-refractivity contribution < 1.29 is 24.3 Å². The largest absolute Gasteiger partial charge is 0.489 e. The van der Waals surface area contributed by atoms with E-state index < -0.39 is 15.2 Å². The second-order valence-corrected chi connectivity index (χ2v) is 14.2. The average molecular weight is 429 g/mol. The number of ether oxygens (including phenoxy) is 2. The van der Waals surface area contributed by atoms with Crippen LogP contribution in [0.3, 0.4) is 0 Å². The molecule has 0 aliphatic rings. The first-order valence-corrected chi connectivity index (χ1v) is 13.9. The maximum absolute atomic E-state index is 12.2. The first kappa shape index (κ1) is 24.0. The fraction of sp³-hybridized carbons (Fsp3) is 0.409. The number of rotatable bonds is 10. The van der Waals surface area contributed by atoms with Crippen molar-refractivity contribution in [2.24, 2.45) is 0 Å². The van der Waals surface area contributed by atoms with Crippen molar-refractivity contribution in [2.45, 2.75) is 38.7 Å². The van der Waals surface area contributed by atoms with Crippen molar-refractivity contribution >= 4 is 26.7 Å². The number of carbonyl (C=O) groups is 1. The molecular weight excluding hydrogens is 397 g/mol. The van der Waals surface area contributed by atoms with Crippen LogP contribution in [0.15, 0.2) is 48.5 Å². The summed E-state index contributed by atoms with van der Waals surface area (Å²) in [5.74, 6) is 0.656. The molecule has 2 aromatic carbocycles. The van der Waals surface area contributed by atoms with Crippen molar-refractivity contribution in [1.82, 2.24) is 4.90 Å². The van der Waals surface area contributed by atoms with Gasteiger partial charge >= 0.3 is 13.2 Å². The Kier molecular flexibility index (Phi) is 8.95. The lowest BCUT2D eigenvalue weighted by Crippen LogP contribution is -2.32. The highest BCUT2D eigenvalue weighted by atomic mass is 28.3. The summed E-state index contributed by atoms with van der Waals surface area (Å²) in [6.45, 7) is 8.00. The van der Waals surface area contributed by atoms with Crippen LogP contribution in [0.1, 0.15) is 11.1 Å². The predicted molar refractivity (Wildman–Crippen MR) is 123 cm³/mol. The summed E-state index contributed by atoms with van der Waals surface area (Å²) < 4.78 is 11.3. The average Bonchev–Trinajstić information content (AvgIpc) is 2.70. The van der Waals surface area contributed by atoms with Gasteiger partial charge in [0.05, 0.1) is 6.61 Å². The first-order valence-electron chi connectivity index (χ1n) is 10.2. The lowest BCUT2D eigenvalue weighted by atomic mass is 9.79. The highest BCUT2D eigenvalue weighted by Crippen LogP contribution is 2.20. The third kappa shape index (κ3) is 8.22. The molecular formula is C22H32BNO5Si. The molecule has 8 heteroatoms. The Morgan fingerprint density at radius 2 is 1.80 bits per heavy atom. The molecule has 0 aliphatic heterocycles. The van der Waals surface area contributed by atoms with Crippen LogP contribution in [0.25, 0.3) is 0 Å². The minimum Gasteiger partial charge on any atom is -0.489 e. The summed E-state index contributed by atoms with van der Waals surface area (Å²) in [5, 5.41) is 19.0. The van der Waals surface area contributed by atoms with Crippen LogP contribution < -0.4 is 10.2 Å². The van der Waals surface area contributed by atoms with Gasteiger partial charge in [0, 0.05) is 21.7 Å². The third-order valence-electron chi connectivity index (χ3n) is 4.73. The summed E-state index contributed by atoms with van der Waals surface area (Å²) in [6, 6.07) is 15.8. The monoisotopic (exact) mass is 429 g/mol. The van der Waals surface area contributed by atoms with Crippen molar-refractivity contribution in [2.75, 3.05) is 20.2 Å². The Bertz CT molecular complexity index is 811. The predicted octanol–water partition coefficient (Wildman–Crippen LogP) is 2.89. The molecule has 0 radical (unpaired) electrons. The van der Waals surface area contributed by atoms with Gasteiger partial charge in [0.2, 0.25) is 0 Å². The van der Waals surface area contributed by atoms with Crippen LogP contribution in [0.4, 0.5) is 4.79 Å². The summed E-state index contributed by atoms with van der Waals surface area (Å²) in [4.78, 5) is 13.8. The van der Waals surface area contributed by atoms with Gasteiger partial charge in [-0.15, -0.1) is 0 Å². The Hall–Kier alpha value is -2.29. The van der Waals surface area contributed by atoms with Crippen LogP contribution in [0.2, 0.25) is 25.7 Å². The van der Waals surface area contributed by atoms with E-state index >= 15 is 0 Å². The normalized spacial score (nSPS) is 11.1.